The number of hydrogen-bond donors (Lipinski definition) is 2. The van der Waals surface area contributed by atoms with Crippen molar-refractivity contribution in [3.8, 4) is 0 Å². The predicted molar refractivity (Wildman–Crippen MR) is 91.0 cm³/mol. The number of ether oxygens (including phenoxy) is 1. The average molecular weight is 333 g/mol. The van der Waals surface area contributed by atoms with Gasteiger partial charge >= 0.3 is 6.03 Å². The number of carbonyl (C=O) groups is 1. The van der Waals surface area contributed by atoms with Gasteiger partial charge in [-0.3, -0.25) is 4.68 Å². The minimum absolute atomic E-state index is 0.128. The van der Waals surface area contributed by atoms with Gasteiger partial charge in [-0.25, -0.2) is 4.79 Å². The number of hydrogen-bond acceptors (Lipinski definition) is 4. The fraction of sp³-hybridized carbons (Fsp3) is 0.765. The van der Waals surface area contributed by atoms with Crippen LogP contribution in [0, 0.1) is 0 Å². The third-order valence-corrected chi connectivity index (χ3v) is 5.23. The summed E-state index contributed by atoms with van der Waals surface area (Å²) < 4.78 is 7.46. The van der Waals surface area contributed by atoms with Crippen LogP contribution >= 0.6 is 0 Å². The minimum atomic E-state index is -0.128. The number of rotatable bonds is 5. The van der Waals surface area contributed by atoms with Crippen molar-refractivity contribution in [2.45, 2.75) is 63.3 Å². The van der Waals surface area contributed by atoms with Crippen molar-refractivity contribution in [1.82, 2.24) is 20.0 Å². The summed E-state index contributed by atoms with van der Waals surface area (Å²) in [7, 11) is 0. The van der Waals surface area contributed by atoms with Gasteiger partial charge in [0.05, 0.1) is 24.5 Å². The number of aromatic nitrogens is 2. The molecule has 1 atom stereocenters. The van der Waals surface area contributed by atoms with Crippen LogP contribution in [-0.4, -0.2) is 58.6 Å². The van der Waals surface area contributed by atoms with Gasteiger partial charge in [0.2, 0.25) is 0 Å². The molecule has 0 unspecified atom stereocenters. The quantitative estimate of drug-likeness (QED) is 0.862. The first-order valence-electron chi connectivity index (χ1n) is 9.22. The van der Waals surface area contributed by atoms with Crippen molar-refractivity contribution in [3.05, 3.63) is 12.4 Å². The summed E-state index contributed by atoms with van der Waals surface area (Å²) >= 11 is 0. The smallest absolute Gasteiger partial charge is 0.319 e. The van der Waals surface area contributed by atoms with Crippen LogP contribution in [0.25, 0.3) is 0 Å². The molecule has 7 heteroatoms. The molecule has 2 amide bonds. The lowest BCUT2D eigenvalue weighted by Crippen LogP contribution is -2.46. The van der Waals surface area contributed by atoms with E-state index in [9.17, 15) is 4.79 Å². The van der Waals surface area contributed by atoms with Gasteiger partial charge in [-0.15, -0.1) is 0 Å². The number of amides is 2. The highest BCUT2D eigenvalue weighted by atomic mass is 16.5. The summed E-state index contributed by atoms with van der Waals surface area (Å²) in [5, 5.41) is 10.3. The van der Waals surface area contributed by atoms with Crippen molar-refractivity contribution in [1.29, 1.82) is 0 Å². The molecule has 1 aromatic rings. The lowest BCUT2D eigenvalue weighted by molar-refractivity contribution is 0.0940. The minimum Gasteiger partial charge on any atom is -0.376 e. The Hall–Kier alpha value is -1.60. The molecular weight excluding hydrogens is 306 g/mol. The second kappa shape index (κ2) is 7.11. The van der Waals surface area contributed by atoms with E-state index in [1.165, 1.54) is 12.8 Å². The standard InChI is InChI=1S/C17H27N5O2/c23-17(19-13-5-7-21(8-6-13)15-3-4-15)20-14-10-18-22(11-14)12-16-2-1-9-24-16/h10-11,13,15-16H,1-9,12H2,(H2,19,20,23)/t16-/m1/s1. The third kappa shape index (κ3) is 4.08. The number of likely N-dealkylation sites (tertiary alicyclic amines) is 1. The molecule has 3 heterocycles. The van der Waals surface area contributed by atoms with Crippen molar-refractivity contribution in [2.75, 3.05) is 25.0 Å². The average Bonchev–Trinajstić information content (AvgIpc) is 3.13. The van der Waals surface area contributed by atoms with Crippen LogP contribution in [0.3, 0.4) is 0 Å². The van der Waals surface area contributed by atoms with E-state index in [0.717, 1.165) is 63.7 Å². The van der Waals surface area contributed by atoms with Crippen molar-refractivity contribution in [2.24, 2.45) is 0 Å². The summed E-state index contributed by atoms with van der Waals surface area (Å²) in [6.45, 7) is 3.81. The maximum Gasteiger partial charge on any atom is 0.319 e. The number of carbonyl (C=O) groups excluding carboxylic acids is 1. The van der Waals surface area contributed by atoms with Gasteiger partial charge in [0, 0.05) is 38.0 Å². The molecule has 24 heavy (non-hydrogen) atoms. The van der Waals surface area contributed by atoms with Gasteiger partial charge in [-0.05, 0) is 38.5 Å². The lowest BCUT2D eigenvalue weighted by Gasteiger charge is -2.32. The van der Waals surface area contributed by atoms with Crippen LogP contribution in [0.5, 0.6) is 0 Å². The Morgan fingerprint density at radius 1 is 1.25 bits per heavy atom. The molecule has 0 radical (unpaired) electrons. The number of nitrogens with zero attached hydrogens (tertiary/aromatic N) is 3. The van der Waals surface area contributed by atoms with Crippen molar-refractivity contribution in [3.63, 3.8) is 0 Å². The maximum absolute atomic E-state index is 12.2. The van der Waals surface area contributed by atoms with E-state index in [1.807, 2.05) is 10.9 Å². The molecule has 2 N–H and O–H groups in total. The summed E-state index contributed by atoms with van der Waals surface area (Å²) in [5.41, 5.74) is 0.737. The first-order chi connectivity index (χ1) is 11.8. The molecule has 1 aliphatic carbocycles. The predicted octanol–water partition coefficient (Wildman–Crippen LogP) is 1.81. The Morgan fingerprint density at radius 3 is 2.79 bits per heavy atom. The van der Waals surface area contributed by atoms with Gasteiger partial charge in [0.15, 0.2) is 0 Å². The molecule has 0 spiro atoms. The molecule has 7 nitrogen and oxygen atoms in total. The molecule has 3 aliphatic rings. The molecule has 0 bridgehead atoms. The van der Waals surface area contributed by atoms with Gasteiger partial charge in [-0.2, -0.15) is 5.10 Å². The fourth-order valence-corrected chi connectivity index (χ4v) is 3.73. The monoisotopic (exact) mass is 333 g/mol. The van der Waals surface area contributed by atoms with Crippen LogP contribution in [-0.2, 0) is 11.3 Å². The normalized spacial score (nSPS) is 25.8. The van der Waals surface area contributed by atoms with E-state index in [4.69, 9.17) is 4.74 Å². The molecule has 2 saturated heterocycles. The summed E-state index contributed by atoms with van der Waals surface area (Å²) in [5.74, 6) is 0. The highest BCUT2D eigenvalue weighted by molar-refractivity contribution is 5.89. The Morgan fingerprint density at radius 2 is 2.08 bits per heavy atom. The first-order valence-corrected chi connectivity index (χ1v) is 9.22. The number of piperidine rings is 1. The Kier molecular flexibility index (Phi) is 4.71. The summed E-state index contributed by atoms with van der Waals surface area (Å²) in [6, 6.07) is 0.980. The molecule has 132 valence electrons. The second-order valence-corrected chi connectivity index (χ2v) is 7.23. The van der Waals surface area contributed by atoms with E-state index < -0.39 is 0 Å². The number of nitrogens with one attached hydrogen (secondary N) is 2. The number of anilines is 1. The summed E-state index contributed by atoms with van der Waals surface area (Å²) in [4.78, 5) is 14.7. The highest BCUT2D eigenvalue weighted by Gasteiger charge is 2.32. The Bertz CT molecular complexity index is 557. The highest BCUT2D eigenvalue weighted by Crippen LogP contribution is 2.29. The molecule has 1 aromatic heterocycles. The largest absolute Gasteiger partial charge is 0.376 e. The Labute approximate surface area is 142 Å². The molecule has 0 aromatic carbocycles. The maximum atomic E-state index is 12.2. The van der Waals surface area contributed by atoms with Gasteiger partial charge in [-0.1, -0.05) is 0 Å². The molecular formula is C17H27N5O2. The van der Waals surface area contributed by atoms with E-state index >= 15 is 0 Å². The zero-order valence-electron chi connectivity index (χ0n) is 14.1. The van der Waals surface area contributed by atoms with E-state index in [1.54, 1.807) is 6.20 Å². The lowest BCUT2D eigenvalue weighted by atomic mass is 10.1. The van der Waals surface area contributed by atoms with E-state index in [2.05, 4.69) is 20.6 Å². The SMILES string of the molecule is O=C(Nc1cnn(C[C@H]2CCCO2)c1)NC1CCN(C2CC2)CC1. The third-order valence-electron chi connectivity index (χ3n) is 5.23. The first kappa shape index (κ1) is 15.9. The van der Waals surface area contributed by atoms with Crippen LogP contribution in [0.4, 0.5) is 10.5 Å². The zero-order chi connectivity index (χ0) is 16.4. The van der Waals surface area contributed by atoms with Crippen LogP contribution in [0.15, 0.2) is 12.4 Å². The second-order valence-electron chi connectivity index (χ2n) is 7.23. The van der Waals surface area contributed by atoms with Crippen LogP contribution in [0.1, 0.15) is 38.5 Å². The van der Waals surface area contributed by atoms with E-state index in [-0.39, 0.29) is 18.2 Å². The molecule has 2 aliphatic heterocycles. The van der Waals surface area contributed by atoms with Gasteiger partial charge in [0.1, 0.15) is 0 Å². The molecule has 4 rings (SSSR count). The number of urea groups is 1. The fourth-order valence-electron chi connectivity index (χ4n) is 3.73. The van der Waals surface area contributed by atoms with Crippen LogP contribution < -0.4 is 10.6 Å². The Balaban J connectivity index is 1.20. The topological polar surface area (TPSA) is 71.4 Å². The molecule has 3 fully saturated rings. The van der Waals surface area contributed by atoms with Gasteiger partial charge < -0.3 is 20.3 Å². The van der Waals surface area contributed by atoms with Crippen molar-refractivity contribution >= 4 is 11.7 Å². The van der Waals surface area contributed by atoms with E-state index in [0.29, 0.717) is 0 Å². The van der Waals surface area contributed by atoms with Crippen molar-refractivity contribution < 1.29 is 9.53 Å². The zero-order valence-corrected chi connectivity index (χ0v) is 14.1. The van der Waals surface area contributed by atoms with Gasteiger partial charge in [0.25, 0.3) is 0 Å². The summed E-state index contributed by atoms with van der Waals surface area (Å²) in [6.07, 6.45) is 10.8. The molecule has 1 saturated carbocycles. The van der Waals surface area contributed by atoms with Crippen LogP contribution in [0.2, 0.25) is 0 Å².